The van der Waals surface area contributed by atoms with Crippen LogP contribution in [-0.4, -0.2) is 52.6 Å². The van der Waals surface area contributed by atoms with E-state index in [0.717, 1.165) is 34.4 Å². The molecule has 2 aromatic carbocycles. The van der Waals surface area contributed by atoms with Gasteiger partial charge in [0, 0.05) is 36.4 Å². The van der Waals surface area contributed by atoms with Gasteiger partial charge in [0.2, 0.25) is 5.91 Å². The van der Waals surface area contributed by atoms with Crippen molar-refractivity contribution in [3.05, 3.63) is 58.7 Å². The van der Waals surface area contributed by atoms with Gasteiger partial charge in [-0.05, 0) is 81.5 Å². The Kier molecular flexibility index (Phi) is 8.31. The predicted molar refractivity (Wildman–Crippen MR) is 138 cm³/mol. The maximum atomic E-state index is 13.4. The largest absolute Gasteiger partial charge is 0.478 e. The molecule has 0 saturated carbocycles. The highest BCUT2D eigenvalue weighted by molar-refractivity contribution is 7.98. The van der Waals surface area contributed by atoms with E-state index in [1.165, 1.54) is 13.8 Å². The van der Waals surface area contributed by atoms with Crippen LogP contribution in [0, 0.1) is 25.7 Å². The molecule has 1 N–H and O–H groups in total. The Morgan fingerprint density at radius 2 is 1.69 bits per heavy atom. The molecule has 1 aliphatic rings. The molecule has 1 heterocycles. The highest BCUT2D eigenvalue weighted by Crippen LogP contribution is 2.33. The predicted octanol–water partition coefficient (Wildman–Crippen LogP) is 5.18. The summed E-state index contributed by atoms with van der Waals surface area (Å²) in [6, 6.07) is 11.7. The number of aryl methyl sites for hydroxylation is 3. The van der Waals surface area contributed by atoms with Crippen LogP contribution in [0.2, 0.25) is 0 Å². The van der Waals surface area contributed by atoms with Gasteiger partial charge in [0.25, 0.3) is 0 Å². The Morgan fingerprint density at radius 1 is 1.09 bits per heavy atom. The first-order valence-corrected chi connectivity index (χ1v) is 13.1. The van der Waals surface area contributed by atoms with E-state index in [1.54, 1.807) is 23.6 Å². The molecule has 0 aliphatic carbocycles. The van der Waals surface area contributed by atoms with Crippen LogP contribution in [0.4, 0.5) is 0 Å². The third kappa shape index (κ3) is 6.26. The van der Waals surface area contributed by atoms with Gasteiger partial charge in [0.05, 0.1) is 0 Å². The number of nitrogens with zero attached hydrogens (tertiary/aromatic N) is 1. The summed E-state index contributed by atoms with van der Waals surface area (Å²) >= 11 is 1.64. The summed E-state index contributed by atoms with van der Waals surface area (Å²) in [6.45, 7) is 9.51. The van der Waals surface area contributed by atoms with E-state index >= 15 is 0 Å². The standard InChI is InChI=1S/C28H35NO5S/c1-17-13-20(14-18(2)26(17)34-28(4,5)27(32)33)7-8-22-15-29(19(3)30)16-24(22)25(31)21-9-11-23(35-6)12-10-21/h9-14,22,24H,7-8,15-16H2,1-6H3,(H,32,33)/t22-,24-/m1/s1. The lowest BCUT2D eigenvalue weighted by Crippen LogP contribution is -2.38. The molecule has 1 amide bonds. The summed E-state index contributed by atoms with van der Waals surface area (Å²) in [5, 5.41) is 9.40. The van der Waals surface area contributed by atoms with Crippen LogP contribution in [0.5, 0.6) is 5.75 Å². The summed E-state index contributed by atoms with van der Waals surface area (Å²) in [4.78, 5) is 39.8. The van der Waals surface area contributed by atoms with Crippen molar-refractivity contribution in [2.75, 3.05) is 19.3 Å². The Labute approximate surface area is 212 Å². The Bertz CT molecular complexity index is 1090. The molecule has 1 aliphatic heterocycles. The van der Waals surface area contributed by atoms with Crippen molar-refractivity contribution in [2.24, 2.45) is 11.8 Å². The maximum absolute atomic E-state index is 13.4. The Morgan fingerprint density at radius 3 is 2.20 bits per heavy atom. The van der Waals surface area contributed by atoms with E-state index < -0.39 is 11.6 Å². The molecular weight excluding hydrogens is 462 g/mol. The number of ketones is 1. The highest BCUT2D eigenvalue weighted by Gasteiger charge is 2.38. The average molecular weight is 498 g/mol. The zero-order valence-corrected chi connectivity index (χ0v) is 22.2. The van der Waals surface area contributed by atoms with Gasteiger partial charge in [0.1, 0.15) is 5.75 Å². The van der Waals surface area contributed by atoms with E-state index in [4.69, 9.17) is 4.74 Å². The lowest BCUT2D eigenvalue weighted by atomic mass is 9.84. The molecule has 188 valence electrons. The highest BCUT2D eigenvalue weighted by atomic mass is 32.2. The van der Waals surface area contributed by atoms with Crippen LogP contribution in [0.15, 0.2) is 41.3 Å². The van der Waals surface area contributed by atoms with E-state index in [-0.39, 0.29) is 23.5 Å². The molecule has 35 heavy (non-hydrogen) atoms. The van der Waals surface area contributed by atoms with Crippen molar-refractivity contribution in [1.82, 2.24) is 4.90 Å². The normalized spacial score (nSPS) is 17.9. The molecular formula is C28H35NO5S. The van der Waals surface area contributed by atoms with Crippen molar-refractivity contribution in [3.63, 3.8) is 0 Å². The SMILES string of the molecule is CSc1ccc(C(=O)[C@@H]2CN(C(C)=O)C[C@H]2CCc2cc(C)c(OC(C)(C)C(=O)O)c(C)c2)cc1. The van der Waals surface area contributed by atoms with E-state index in [2.05, 4.69) is 0 Å². The molecule has 0 aromatic heterocycles. The van der Waals surface area contributed by atoms with Crippen LogP contribution in [0.1, 0.15) is 54.2 Å². The molecule has 0 unspecified atom stereocenters. The molecule has 0 radical (unpaired) electrons. The van der Waals surface area contributed by atoms with Crippen LogP contribution in [0.3, 0.4) is 0 Å². The summed E-state index contributed by atoms with van der Waals surface area (Å²) in [5.41, 5.74) is 2.24. The smallest absolute Gasteiger partial charge is 0.347 e. The van der Waals surface area contributed by atoms with Crippen molar-refractivity contribution in [1.29, 1.82) is 0 Å². The second-order valence-corrected chi connectivity index (χ2v) is 10.8. The van der Waals surface area contributed by atoms with Crippen molar-refractivity contribution >= 4 is 29.4 Å². The third-order valence-electron chi connectivity index (χ3n) is 6.79. The minimum Gasteiger partial charge on any atom is -0.478 e. The molecule has 6 nitrogen and oxygen atoms in total. The number of carbonyl (C=O) groups excluding carboxylic acids is 2. The topological polar surface area (TPSA) is 83.9 Å². The molecule has 1 saturated heterocycles. The maximum Gasteiger partial charge on any atom is 0.347 e. The number of hydrogen-bond donors (Lipinski definition) is 1. The van der Waals surface area contributed by atoms with E-state index in [9.17, 15) is 19.5 Å². The monoisotopic (exact) mass is 497 g/mol. The molecule has 0 spiro atoms. The summed E-state index contributed by atoms with van der Waals surface area (Å²) < 4.78 is 5.82. The number of hydrogen-bond acceptors (Lipinski definition) is 5. The zero-order valence-electron chi connectivity index (χ0n) is 21.4. The fourth-order valence-corrected chi connectivity index (χ4v) is 5.09. The molecule has 0 bridgehead atoms. The molecule has 7 heteroatoms. The van der Waals surface area contributed by atoms with Gasteiger partial charge in [-0.25, -0.2) is 4.79 Å². The summed E-state index contributed by atoms with van der Waals surface area (Å²) in [5.74, 6) is -0.480. The van der Waals surface area contributed by atoms with E-state index in [1.807, 2.05) is 56.5 Å². The first-order chi connectivity index (χ1) is 16.4. The van der Waals surface area contributed by atoms with Gasteiger partial charge in [-0.3, -0.25) is 9.59 Å². The van der Waals surface area contributed by atoms with Crippen LogP contribution < -0.4 is 4.74 Å². The van der Waals surface area contributed by atoms with Gasteiger partial charge >= 0.3 is 5.97 Å². The van der Waals surface area contributed by atoms with Crippen LogP contribution >= 0.6 is 11.8 Å². The fourth-order valence-electron chi connectivity index (χ4n) is 4.68. The lowest BCUT2D eigenvalue weighted by Gasteiger charge is -2.25. The van der Waals surface area contributed by atoms with Gasteiger partial charge in [-0.2, -0.15) is 0 Å². The Hall–Kier alpha value is -2.80. The average Bonchev–Trinajstić information content (AvgIpc) is 3.24. The van der Waals surface area contributed by atoms with Gasteiger partial charge in [-0.15, -0.1) is 11.8 Å². The molecule has 3 rings (SSSR count). The number of benzene rings is 2. The number of likely N-dealkylation sites (tertiary alicyclic amines) is 1. The van der Waals surface area contributed by atoms with Crippen molar-refractivity contribution < 1.29 is 24.2 Å². The number of rotatable bonds is 9. The first-order valence-electron chi connectivity index (χ1n) is 11.9. The van der Waals surface area contributed by atoms with Gasteiger partial charge < -0.3 is 14.7 Å². The van der Waals surface area contributed by atoms with Crippen LogP contribution in [-0.2, 0) is 16.0 Å². The fraction of sp³-hybridized carbons (Fsp3) is 0.464. The number of carboxylic acids is 1. The second-order valence-electron chi connectivity index (χ2n) is 9.90. The Balaban J connectivity index is 1.76. The summed E-state index contributed by atoms with van der Waals surface area (Å²) in [6.07, 6.45) is 3.54. The number of aliphatic carboxylic acids is 1. The number of carboxylic acid groups (broad SMARTS) is 1. The lowest BCUT2D eigenvalue weighted by molar-refractivity contribution is -0.152. The zero-order chi connectivity index (χ0) is 25.9. The molecule has 1 fully saturated rings. The third-order valence-corrected chi connectivity index (χ3v) is 7.54. The van der Waals surface area contributed by atoms with Gasteiger partial charge in [-0.1, -0.05) is 24.3 Å². The molecule has 2 atom stereocenters. The number of Topliss-reactive ketones (excluding diaryl/α,β-unsaturated/α-hetero) is 1. The first kappa shape index (κ1) is 26.8. The number of carbonyl (C=O) groups is 3. The second kappa shape index (κ2) is 10.9. The van der Waals surface area contributed by atoms with Crippen molar-refractivity contribution in [3.8, 4) is 5.75 Å². The number of thioether (sulfide) groups is 1. The van der Waals surface area contributed by atoms with Crippen LogP contribution in [0.25, 0.3) is 0 Å². The summed E-state index contributed by atoms with van der Waals surface area (Å²) in [7, 11) is 0. The van der Waals surface area contributed by atoms with Gasteiger partial charge in [0.15, 0.2) is 11.4 Å². The minimum absolute atomic E-state index is 0.00253. The molecule has 2 aromatic rings. The van der Waals surface area contributed by atoms with Crippen molar-refractivity contribution in [2.45, 2.75) is 58.0 Å². The number of amides is 1. The quantitative estimate of drug-likeness (QED) is 0.380. The number of ether oxygens (including phenoxy) is 1. The minimum atomic E-state index is -1.32. The van der Waals surface area contributed by atoms with E-state index in [0.29, 0.717) is 24.4 Å².